The number of halogens is 1. The first kappa shape index (κ1) is 13.6. The maximum atomic E-state index is 5.72. The van der Waals surface area contributed by atoms with Crippen molar-refractivity contribution < 1.29 is 13.9 Å². The molecule has 0 N–H and O–H groups in total. The van der Waals surface area contributed by atoms with E-state index >= 15 is 0 Å². The lowest BCUT2D eigenvalue weighted by atomic mass is 9.90. The van der Waals surface area contributed by atoms with E-state index < -0.39 is 11.4 Å². The van der Waals surface area contributed by atoms with Crippen molar-refractivity contribution in [2.45, 2.75) is 48.8 Å². The standard InChI is InChI=1S/C10H18BrO3Si/c1-4-6-9(12-2)8(11)5-7-10(9,13-3)14-15/h8H,4-7H2,1-3H3. The summed E-state index contributed by atoms with van der Waals surface area (Å²) in [7, 11) is 6.51. The number of methoxy groups -OCH3 is 2. The Morgan fingerprint density at radius 2 is 2.07 bits per heavy atom. The topological polar surface area (TPSA) is 27.7 Å². The average molecular weight is 294 g/mol. The van der Waals surface area contributed by atoms with E-state index in [0.717, 1.165) is 25.7 Å². The maximum absolute atomic E-state index is 5.72. The molecule has 0 aromatic carbocycles. The summed E-state index contributed by atoms with van der Waals surface area (Å²) in [6.07, 6.45) is 3.72. The van der Waals surface area contributed by atoms with Crippen LogP contribution in [0.15, 0.2) is 0 Å². The molecule has 15 heavy (non-hydrogen) atoms. The summed E-state index contributed by atoms with van der Waals surface area (Å²) in [5.41, 5.74) is -0.418. The quantitative estimate of drug-likeness (QED) is 0.442. The van der Waals surface area contributed by atoms with Crippen LogP contribution in [0, 0.1) is 0 Å². The molecule has 1 aliphatic carbocycles. The van der Waals surface area contributed by atoms with Crippen LogP contribution in [0.2, 0.25) is 0 Å². The lowest BCUT2D eigenvalue weighted by Gasteiger charge is -2.44. The van der Waals surface area contributed by atoms with Gasteiger partial charge in [-0.05, 0) is 12.8 Å². The highest BCUT2D eigenvalue weighted by Gasteiger charge is 2.61. The third kappa shape index (κ3) is 1.93. The van der Waals surface area contributed by atoms with E-state index in [2.05, 4.69) is 33.3 Å². The number of rotatable bonds is 5. The molecule has 5 heteroatoms. The van der Waals surface area contributed by atoms with Gasteiger partial charge in [0.25, 0.3) is 0 Å². The van der Waals surface area contributed by atoms with E-state index in [1.807, 2.05) is 0 Å². The van der Waals surface area contributed by atoms with Crippen LogP contribution in [0.3, 0.4) is 0 Å². The fourth-order valence-electron chi connectivity index (χ4n) is 2.56. The van der Waals surface area contributed by atoms with E-state index in [-0.39, 0.29) is 4.83 Å². The second-order valence-corrected chi connectivity index (χ2v) is 5.22. The first-order chi connectivity index (χ1) is 7.12. The molecule has 0 heterocycles. The van der Waals surface area contributed by atoms with Gasteiger partial charge < -0.3 is 13.9 Å². The second kappa shape index (κ2) is 5.27. The van der Waals surface area contributed by atoms with Crippen molar-refractivity contribution in [3.63, 3.8) is 0 Å². The van der Waals surface area contributed by atoms with Crippen LogP contribution in [0.4, 0.5) is 0 Å². The van der Waals surface area contributed by atoms with Gasteiger partial charge in [0, 0.05) is 25.5 Å². The lowest BCUT2D eigenvalue weighted by Crippen LogP contribution is -2.57. The Hall–Kier alpha value is 0.577. The molecule has 87 valence electrons. The van der Waals surface area contributed by atoms with Gasteiger partial charge in [-0.15, -0.1) is 0 Å². The van der Waals surface area contributed by atoms with E-state index in [1.54, 1.807) is 14.2 Å². The number of ether oxygens (including phenoxy) is 2. The third-order valence-electron chi connectivity index (χ3n) is 3.36. The Balaban J connectivity index is 3.04. The minimum absolute atomic E-state index is 0.256. The fraction of sp³-hybridized carbons (Fsp3) is 1.00. The van der Waals surface area contributed by atoms with Gasteiger partial charge in [0.15, 0.2) is 5.79 Å². The maximum Gasteiger partial charge on any atom is 0.250 e. The first-order valence-electron chi connectivity index (χ1n) is 5.21. The van der Waals surface area contributed by atoms with Gasteiger partial charge >= 0.3 is 0 Å². The highest BCUT2D eigenvalue weighted by molar-refractivity contribution is 9.09. The molecule has 0 aliphatic heterocycles. The second-order valence-electron chi connectivity index (χ2n) is 3.91. The number of hydrogen-bond donors (Lipinski definition) is 0. The zero-order valence-corrected chi connectivity index (χ0v) is 12.1. The third-order valence-corrected chi connectivity index (χ3v) is 4.89. The van der Waals surface area contributed by atoms with Crippen LogP contribution in [0.25, 0.3) is 0 Å². The summed E-state index contributed by atoms with van der Waals surface area (Å²) in [5.74, 6) is -0.692. The molecule has 0 bridgehead atoms. The monoisotopic (exact) mass is 293 g/mol. The normalized spacial score (nSPS) is 41.0. The molecule has 0 amide bonds. The lowest BCUT2D eigenvalue weighted by molar-refractivity contribution is -0.264. The SMILES string of the molecule is CCCC1(OC)C(Br)CCC1(OC)O[Si]. The molecule has 0 aromatic rings. The Bertz CT molecular complexity index is 211. The average Bonchev–Trinajstić information content (AvgIpc) is 2.54. The van der Waals surface area contributed by atoms with Crippen molar-refractivity contribution >= 4 is 26.4 Å². The Morgan fingerprint density at radius 3 is 2.47 bits per heavy atom. The van der Waals surface area contributed by atoms with Crippen molar-refractivity contribution in [2.24, 2.45) is 0 Å². The Kier molecular flexibility index (Phi) is 4.79. The smallest absolute Gasteiger partial charge is 0.250 e. The van der Waals surface area contributed by atoms with Crippen molar-refractivity contribution in [3.05, 3.63) is 0 Å². The molecule has 3 nitrogen and oxygen atoms in total. The molecule has 0 spiro atoms. The zero-order chi connectivity index (χ0) is 11.5. The van der Waals surface area contributed by atoms with Crippen LogP contribution in [-0.4, -0.2) is 40.9 Å². The van der Waals surface area contributed by atoms with Gasteiger partial charge in [-0.25, -0.2) is 0 Å². The van der Waals surface area contributed by atoms with Crippen LogP contribution < -0.4 is 0 Å². The van der Waals surface area contributed by atoms with Crippen LogP contribution in [0.5, 0.6) is 0 Å². The molecule has 1 saturated carbocycles. The van der Waals surface area contributed by atoms with E-state index in [4.69, 9.17) is 13.9 Å². The van der Waals surface area contributed by atoms with Crippen LogP contribution in [0.1, 0.15) is 32.6 Å². The molecular formula is C10H18BrO3Si. The van der Waals surface area contributed by atoms with Crippen LogP contribution in [-0.2, 0) is 13.9 Å². The summed E-state index contributed by atoms with van der Waals surface area (Å²) in [5, 5.41) is 0. The van der Waals surface area contributed by atoms with E-state index in [0.29, 0.717) is 0 Å². The Morgan fingerprint density at radius 1 is 1.40 bits per heavy atom. The predicted molar refractivity (Wildman–Crippen MR) is 63.2 cm³/mol. The minimum Gasteiger partial charge on any atom is -0.390 e. The summed E-state index contributed by atoms with van der Waals surface area (Å²) < 4.78 is 16.7. The number of alkyl halides is 1. The zero-order valence-electron chi connectivity index (χ0n) is 9.51. The molecule has 1 aliphatic rings. The molecule has 1 fully saturated rings. The summed E-state index contributed by atoms with van der Waals surface area (Å²) >= 11 is 3.67. The summed E-state index contributed by atoms with van der Waals surface area (Å²) in [4.78, 5) is 0.256. The molecule has 0 saturated heterocycles. The van der Waals surface area contributed by atoms with Crippen molar-refractivity contribution in [1.82, 2.24) is 0 Å². The molecule has 3 unspecified atom stereocenters. The van der Waals surface area contributed by atoms with Crippen molar-refractivity contribution in [1.29, 1.82) is 0 Å². The summed E-state index contributed by atoms with van der Waals surface area (Å²) in [6, 6.07) is 0. The molecule has 0 aromatic heterocycles. The first-order valence-corrected chi connectivity index (χ1v) is 6.54. The minimum atomic E-state index is -0.692. The van der Waals surface area contributed by atoms with Gasteiger partial charge in [-0.2, -0.15) is 0 Å². The molecule has 3 atom stereocenters. The van der Waals surface area contributed by atoms with E-state index in [9.17, 15) is 0 Å². The highest BCUT2D eigenvalue weighted by atomic mass is 79.9. The van der Waals surface area contributed by atoms with Gasteiger partial charge in [0.2, 0.25) is 10.5 Å². The van der Waals surface area contributed by atoms with Gasteiger partial charge in [0.1, 0.15) is 5.60 Å². The highest BCUT2D eigenvalue weighted by Crippen LogP contribution is 2.50. The fourth-order valence-corrected chi connectivity index (χ4v) is 3.91. The summed E-state index contributed by atoms with van der Waals surface area (Å²) in [6.45, 7) is 2.13. The van der Waals surface area contributed by atoms with Crippen molar-refractivity contribution in [2.75, 3.05) is 14.2 Å². The van der Waals surface area contributed by atoms with Gasteiger partial charge in [-0.1, -0.05) is 29.3 Å². The van der Waals surface area contributed by atoms with E-state index in [1.165, 1.54) is 0 Å². The molecule has 3 radical (unpaired) electrons. The largest absolute Gasteiger partial charge is 0.390 e. The van der Waals surface area contributed by atoms with Gasteiger partial charge in [-0.3, -0.25) is 0 Å². The number of hydrogen-bond acceptors (Lipinski definition) is 3. The van der Waals surface area contributed by atoms with Crippen molar-refractivity contribution in [3.8, 4) is 0 Å². The van der Waals surface area contributed by atoms with Gasteiger partial charge in [0.05, 0.1) is 0 Å². The Labute approximate surface area is 104 Å². The van der Waals surface area contributed by atoms with Crippen LogP contribution >= 0.6 is 15.9 Å². The molecule has 1 rings (SSSR count). The molecular weight excluding hydrogens is 276 g/mol. The predicted octanol–water partition coefficient (Wildman–Crippen LogP) is 2.17.